The maximum atomic E-state index is 9.05. The molecule has 0 aromatic rings. The van der Waals surface area contributed by atoms with Crippen LogP contribution in [0.1, 0.15) is 27.2 Å². The third-order valence-electron chi connectivity index (χ3n) is 2.50. The standard InChI is InChI=1S/C10H21NO2/c1-10(2,3)11-5-4-6-13-9(7-11)8-12/h9,12H,4-8H2,1-3H3. The number of hydrogen-bond donors (Lipinski definition) is 1. The fraction of sp³-hybridized carbons (Fsp3) is 1.00. The second-order valence-corrected chi connectivity index (χ2v) is 4.65. The third kappa shape index (κ3) is 3.25. The topological polar surface area (TPSA) is 32.7 Å². The van der Waals surface area contributed by atoms with Crippen molar-refractivity contribution in [1.29, 1.82) is 0 Å². The fourth-order valence-corrected chi connectivity index (χ4v) is 1.61. The number of ether oxygens (including phenoxy) is 1. The Kier molecular flexibility index (Phi) is 3.71. The van der Waals surface area contributed by atoms with Gasteiger partial charge in [0.1, 0.15) is 0 Å². The summed E-state index contributed by atoms with van der Waals surface area (Å²) in [5, 5.41) is 9.05. The molecule has 0 spiro atoms. The van der Waals surface area contributed by atoms with Crippen molar-refractivity contribution in [3.63, 3.8) is 0 Å². The van der Waals surface area contributed by atoms with E-state index in [0.717, 1.165) is 26.1 Å². The summed E-state index contributed by atoms with van der Waals surface area (Å²) in [4.78, 5) is 2.38. The predicted octanol–water partition coefficient (Wildman–Crippen LogP) is 0.868. The van der Waals surface area contributed by atoms with Gasteiger partial charge in [-0.25, -0.2) is 0 Å². The number of rotatable bonds is 1. The predicted molar refractivity (Wildman–Crippen MR) is 52.8 cm³/mol. The van der Waals surface area contributed by atoms with Gasteiger partial charge in [0.25, 0.3) is 0 Å². The molecule has 1 rings (SSSR count). The van der Waals surface area contributed by atoms with Gasteiger partial charge in [-0.05, 0) is 27.2 Å². The Morgan fingerprint density at radius 1 is 1.46 bits per heavy atom. The van der Waals surface area contributed by atoms with Crippen LogP contribution in [0, 0.1) is 0 Å². The molecule has 1 N–H and O–H groups in total. The zero-order valence-corrected chi connectivity index (χ0v) is 8.92. The summed E-state index contributed by atoms with van der Waals surface area (Å²) >= 11 is 0. The van der Waals surface area contributed by atoms with Gasteiger partial charge in [0.2, 0.25) is 0 Å². The molecule has 1 saturated heterocycles. The van der Waals surface area contributed by atoms with Crippen LogP contribution in [0.3, 0.4) is 0 Å². The van der Waals surface area contributed by atoms with Gasteiger partial charge < -0.3 is 9.84 Å². The second kappa shape index (κ2) is 4.40. The van der Waals surface area contributed by atoms with E-state index in [9.17, 15) is 0 Å². The molecule has 1 aliphatic rings. The Balaban J connectivity index is 2.54. The Morgan fingerprint density at radius 2 is 2.15 bits per heavy atom. The maximum absolute atomic E-state index is 9.05. The molecule has 13 heavy (non-hydrogen) atoms. The highest BCUT2D eigenvalue weighted by Gasteiger charge is 2.26. The van der Waals surface area contributed by atoms with Crippen molar-refractivity contribution in [2.75, 3.05) is 26.3 Å². The van der Waals surface area contributed by atoms with Gasteiger partial charge in [-0.3, -0.25) is 4.90 Å². The molecule has 78 valence electrons. The molecule has 0 amide bonds. The van der Waals surface area contributed by atoms with Crippen molar-refractivity contribution in [2.24, 2.45) is 0 Å². The largest absolute Gasteiger partial charge is 0.394 e. The average Bonchev–Trinajstić information content (AvgIpc) is 2.27. The Bertz CT molecular complexity index is 153. The van der Waals surface area contributed by atoms with E-state index in [1.165, 1.54) is 0 Å². The van der Waals surface area contributed by atoms with E-state index < -0.39 is 0 Å². The molecule has 0 saturated carbocycles. The minimum absolute atomic E-state index is 0.00160. The molecule has 1 fully saturated rings. The zero-order valence-electron chi connectivity index (χ0n) is 8.92. The van der Waals surface area contributed by atoms with Gasteiger partial charge in [-0.2, -0.15) is 0 Å². The molecule has 0 aromatic heterocycles. The molecule has 0 radical (unpaired) electrons. The van der Waals surface area contributed by atoms with Gasteiger partial charge >= 0.3 is 0 Å². The number of nitrogens with zero attached hydrogens (tertiary/aromatic N) is 1. The summed E-state index contributed by atoms with van der Waals surface area (Å²) in [6.45, 7) is 9.43. The van der Waals surface area contributed by atoms with Gasteiger partial charge in [-0.1, -0.05) is 0 Å². The van der Waals surface area contributed by atoms with Crippen LogP contribution in [0.2, 0.25) is 0 Å². The first-order valence-corrected chi connectivity index (χ1v) is 5.01. The highest BCUT2D eigenvalue weighted by Crippen LogP contribution is 2.17. The Morgan fingerprint density at radius 3 is 2.69 bits per heavy atom. The average molecular weight is 187 g/mol. The molecule has 3 heteroatoms. The molecule has 1 heterocycles. The lowest BCUT2D eigenvalue weighted by Crippen LogP contribution is -2.45. The first-order chi connectivity index (χ1) is 6.04. The van der Waals surface area contributed by atoms with Crippen LogP contribution in [-0.4, -0.2) is 48.0 Å². The molecule has 1 atom stereocenters. The summed E-state index contributed by atoms with van der Waals surface area (Å²) in [7, 11) is 0. The normalized spacial score (nSPS) is 27.2. The molecular weight excluding hydrogens is 166 g/mol. The lowest BCUT2D eigenvalue weighted by Gasteiger charge is -2.35. The molecule has 0 aliphatic carbocycles. The van der Waals surface area contributed by atoms with Crippen molar-refractivity contribution in [2.45, 2.75) is 38.8 Å². The van der Waals surface area contributed by atoms with E-state index in [-0.39, 0.29) is 18.2 Å². The highest BCUT2D eigenvalue weighted by molar-refractivity contribution is 4.80. The van der Waals surface area contributed by atoms with Crippen molar-refractivity contribution in [3.8, 4) is 0 Å². The summed E-state index contributed by atoms with van der Waals surface area (Å²) < 4.78 is 5.49. The van der Waals surface area contributed by atoms with Crippen molar-refractivity contribution in [1.82, 2.24) is 4.90 Å². The highest BCUT2D eigenvalue weighted by atomic mass is 16.5. The van der Waals surface area contributed by atoms with E-state index in [2.05, 4.69) is 25.7 Å². The summed E-state index contributed by atoms with van der Waals surface area (Å²) in [5.41, 5.74) is 0.182. The van der Waals surface area contributed by atoms with Crippen LogP contribution in [0.5, 0.6) is 0 Å². The van der Waals surface area contributed by atoms with Crippen molar-refractivity contribution >= 4 is 0 Å². The van der Waals surface area contributed by atoms with Crippen LogP contribution in [0.25, 0.3) is 0 Å². The van der Waals surface area contributed by atoms with Crippen LogP contribution in [0.4, 0.5) is 0 Å². The smallest absolute Gasteiger partial charge is 0.0932 e. The van der Waals surface area contributed by atoms with Crippen molar-refractivity contribution < 1.29 is 9.84 Å². The summed E-state index contributed by atoms with van der Waals surface area (Å²) in [6.07, 6.45) is 1.06. The Hall–Kier alpha value is -0.120. The fourth-order valence-electron chi connectivity index (χ4n) is 1.61. The van der Waals surface area contributed by atoms with Crippen molar-refractivity contribution in [3.05, 3.63) is 0 Å². The third-order valence-corrected chi connectivity index (χ3v) is 2.50. The molecule has 0 bridgehead atoms. The zero-order chi connectivity index (χ0) is 9.90. The number of aliphatic hydroxyl groups is 1. The SMILES string of the molecule is CC(C)(C)N1CCCOC(CO)C1. The van der Waals surface area contributed by atoms with Gasteiger partial charge in [-0.15, -0.1) is 0 Å². The summed E-state index contributed by atoms with van der Waals surface area (Å²) in [6, 6.07) is 0. The van der Waals surface area contributed by atoms with Gasteiger partial charge in [0.15, 0.2) is 0 Å². The van der Waals surface area contributed by atoms with E-state index >= 15 is 0 Å². The maximum Gasteiger partial charge on any atom is 0.0932 e. The lowest BCUT2D eigenvalue weighted by atomic mass is 10.1. The van der Waals surface area contributed by atoms with E-state index in [4.69, 9.17) is 9.84 Å². The van der Waals surface area contributed by atoms with Crippen LogP contribution >= 0.6 is 0 Å². The van der Waals surface area contributed by atoms with Crippen LogP contribution in [-0.2, 0) is 4.74 Å². The van der Waals surface area contributed by atoms with Crippen LogP contribution < -0.4 is 0 Å². The second-order valence-electron chi connectivity index (χ2n) is 4.65. The van der Waals surface area contributed by atoms with E-state index in [1.807, 2.05) is 0 Å². The molecule has 3 nitrogen and oxygen atoms in total. The van der Waals surface area contributed by atoms with Gasteiger partial charge in [0, 0.05) is 25.2 Å². The first-order valence-electron chi connectivity index (χ1n) is 5.01. The Labute approximate surface area is 80.7 Å². The number of hydrogen-bond acceptors (Lipinski definition) is 3. The monoisotopic (exact) mass is 187 g/mol. The molecule has 1 unspecified atom stereocenters. The van der Waals surface area contributed by atoms with Crippen LogP contribution in [0.15, 0.2) is 0 Å². The summed E-state index contributed by atoms with van der Waals surface area (Å²) in [5.74, 6) is 0. The van der Waals surface area contributed by atoms with E-state index in [0.29, 0.717) is 0 Å². The first kappa shape index (κ1) is 11.0. The molecule has 1 aliphatic heterocycles. The molecule has 0 aromatic carbocycles. The lowest BCUT2D eigenvalue weighted by molar-refractivity contribution is 0.00255. The minimum atomic E-state index is 0.00160. The molecular formula is C10H21NO2. The quantitative estimate of drug-likeness (QED) is 0.661. The number of aliphatic hydroxyl groups excluding tert-OH is 1. The minimum Gasteiger partial charge on any atom is -0.394 e. The van der Waals surface area contributed by atoms with E-state index in [1.54, 1.807) is 0 Å². The van der Waals surface area contributed by atoms with Gasteiger partial charge in [0.05, 0.1) is 12.7 Å².